The van der Waals surface area contributed by atoms with Crippen LogP contribution < -0.4 is 11.1 Å². The Morgan fingerprint density at radius 1 is 1.28 bits per heavy atom. The monoisotopic (exact) mass is 255 g/mol. The van der Waals surface area contributed by atoms with Crippen LogP contribution in [-0.2, 0) is 0 Å². The molecule has 4 heteroatoms. The van der Waals surface area contributed by atoms with Gasteiger partial charge in [0.05, 0.1) is 5.54 Å². The summed E-state index contributed by atoms with van der Waals surface area (Å²) >= 11 is 0. The summed E-state index contributed by atoms with van der Waals surface area (Å²) in [6, 6.07) is 0.215. The van der Waals surface area contributed by atoms with Gasteiger partial charge in [0.1, 0.15) is 0 Å². The van der Waals surface area contributed by atoms with Gasteiger partial charge in [-0.1, -0.05) is 25.7 Å². The summed E-state index contributed by atoms with van der Waals surface area (Å²) in [5.74, 6) is 0. The van der Waals surface area contributed by atoms with Crippen molar-refractivity contribution in [2.24, 2.45) is 5.73 Å². The first-order valence-corrected chi connectivity index (χ1v) is 7.34. The number of carbonyl (C=O) groups is 1. The smallest absolute Gasteiger partial charge is 0.318 e. The van der Waals surface area contributed by atoms with Crippen molar-refractivity contribution in [1.82, 2.24) is 10.2 Å². The molecule has 0 aliphatic heterocycles. The second-order valence-corrected chi connectivity index (χ2v) is 5.69. The Kier molecular flexibility index (Phi) is 5.93. The third-order valence-electron chi connectivity index (χ3n) is 3.96. The maximum absolute atomic E-state index is 12.3. The first kappa shape index (κ1) is 15.3. The van der Waals surface area contributed by atoms with Gasteiger partial charge in [-0.3, -0.25) is 0 Å². The number of amides is 2. The fourth-order valence-electron chi connectivity index (χ4n) is 2.99. The van der Waals surface area contributed by atoms with E-state index in [2.05, 4.69) is 5.32 Å². The van der Waals surface area contributed by atoms with Crippen molar-refractivity contribution in [3.05, 3.63) is 0 Å². The topological polar surface area (TPSA) is 58.4 Å². The van der Waals surface area contributed by atoms with Crippen LogP contribution in [0, 0.1) is 0 Å². The average Bonchev–Trinajstić information content (AvgIpc) is 2.55. The molecule has 3 N–H and O–H groups in total. The van der Waals surface area contributed by atoms with Crippen molar-refractivity contribution in [3.8, 4) is 0 Å². The number of hydrogen-bond donors (Lipinski definition) is 2. The van der Waals surface area contributed by atoms with E-state index < -0.39 is 0 Å². The molecule has 4 nitrogen and oxygen atoms in total. The van der Waals surface area contributed by atoms with Gasteiger partial charge in [-0.2, -0.15) is 0 Å². The molecule has 1 fully saturated rings. The number of nitrogens with one attached hydrogen (secondary N) is 1. The van der Waals surface area contributed by atoms with Crippen LogP contribution in [0.2, 0.25) is 0 Å². The molecule has 1 aliphatic carbocycles. The normalized spacial score (nSPS) is 19.4. The molecule has 106 valence electrons. The fourth-order valence-corrected chi connectivity index (χ4v) is 2.99. The van der Waals surface area contributed by atoms with Gasteiger partial charge in [0.2, 0.25) is 0 Å². The summed E-state index contributed by atoms with van der Waals surface area (Å²) < 4.78 is 0. The molecule has 0 aromatic heterocycles. The van der Waals surface area contributed by atoms with E-state index in [1.807, 2.05) is 25.7 Å². The van der Waals surface area contributed by atoms with E-state index in [9.17, 15) is 4.79 Å². The third-order valence-corrected chi connectivity index (χ3v) is 3.96. The highest BCUT2D eigenvalue weighted by Crippen LogP contribution is 2.31. The Morgan fingerprint density at radius 3 is 2.22 bits per heavy atom. The lowest BCUT2D eigenvalue weighted by atomic mass is 9.88. The predicted octanol–water partition coefficient (Wildman–Crippen LogP) is 2.48. The van der Waals surface area contributed by atoms with Gasteiger partial charge >= 0.3 is 6.03 Å². The maximum atomic E-state index is 12.3. The minimum Gasteiger partial charge on any atom is -0.336 e. The van der Waals surface area contributed by atoms with Gasteiger partial charge in [-0.05, 0) is 33.6 Å². The van der Waals surface area contributed by atoms with E-state index in [0.717, 1.165) is 19.4 Å². The summed E-state index contributed by atoms with van der Waals surface area (Å²) in [6.45, 7) is 7.34. The standard InChI is InChI=1S/C14H29N3O/c1-4-17(13(18)16-12(2)3)14(11-15)9-7-5-6-8-10-14/h12H,4-11,15H2,1-3H3,(H,16,18). The van der Waals surface area contributed by atoms with Gasteiger partial charge in [0, 0.05) is 19.1 Å². The fraction of sp³-hybridized carbons (Fsp3) is 0.929. The van der Waals surface area contributed by atoms with Crippen LogP contribution in [0.15, 0.2) is 0 Å². The highest BCUT2D eigenvalue weighted by Gasteiger charge is 2.37. The summed E-state index contributed by atoms with van der Waals surface area (Å²) in [6.07, 6.45) is 6.99. The quantitative estimate of drug-likeness (QED) is 0.758. The van der Waals surface area contributed by atoms with Crippen LogP contribution in [0.5, 0.6) is 0 Å². The minimum absolute atomic E-state index is 0.0415. The summed E-state index contributed by atoms with van der Waals surface area (Å²) in [5.41, 5.74) is 5.91. The molecule has 1 aliphatic rings. The molecule has 0 heterocycles. The number of urea groups is 1. The SMILES string of the molecule is CCN(C(=O)NC(C)C)C1(CN)CCCCCC1. The molecule has 0 saturated heterocycles. The van der Waals surface area contributed by atoms with E-state index in [-0.39, 0.29) is 17.6 Å². The number of rotatable bonds is 4. The number of carbonyl (C=O) groups excluding carboxylic acids is 1. The van der Waals surface area contributed by atoms with Crippen LogP contribution in [-0.4, -0.2) is 35.6 Å². The van der Waals surface area contributed by atoms with E-state index in [1.165, 1.54) is 25.7 Å². The van der Waals surface area contributed by atoms with Crippen LogP contribution in [0.25, 0.3) is 0 Å². The number of hydrogen-bond acceptors (Lipinski definition) is 2. The first-order chi connectivity index (χ1) is 8.55. The molecular formula is C14H29N3O. The molecule has 0 spiro atoms. The zero-order valence-electron chi connectivity index (χ0n) is 12.2. The molecule has 1 saturated carbocycles. The van der Waals surface area contributed by atoms with Crippen LogP contribution in [0.1, 0.15) is 59.3 Å². The second kappa shape index (κ2) is 6.98. The zero-order valence-corrected chi connectivity index (χ0v) is 12.2. The van der Waals surface area contributed by atoms with Crippen molar-refractivity contribution >= 4 is 6.03 Å². The largest absolute Gasteiger partial charge is 0.336 e. The minimum atomic E-state index is -0.121. The Hall–Kier alpha value is -0.770. The lowest BCUT2D eigenvalue weighted by Crippen LogP contribution is -2.59. The molecule has 2 amide bonds. The Morgan fingerprint density at radius 2 is 1.83 bits per heavy atom. The highest BCUT2D eigenvalue weighted by molar-refractivity contribution is 5.75. The molecule has 0 aromatic rings. The molecule has 0 bridgehead atoms. The zero-order chi connectivity index (χ0) is 13.6. The molecular weight excluding hydrogens is 226 g/mol. The van der Waals surface area contributed by atoms with Crippen molar-refractivity contribution < 1.29 is 4.79 Å². The lowest BCUT2D eigenvalue weighted by Gasteiger charge is -2.43. The third kappa shape index (κ3) is 3.61. The lowest BCUT2D eigenvalue weighted by molar-refractivity contribution is 0.105. The molecule has 0 unspecified atom stereocenters. The maximum Gasteiger partial charge on any atom is 0.318 e. The van der Waals surface area contributed by atoms with Crippen LogP contribution in [0.4, 0.5) is 4.79 Å². The molecule has 18 heavy (non-hydrogen) atoms. The van der Waals surface area contributed by atoms with Crippen molar-refractivity contribution in [2.45, 2.75) is 70.9 Å². The first-order valence-electron chi connectivity index (χ1n) is 7.34. The van der Waals surface area contributed by atoms with Crippen LogP contribution >= 0.6 is 0 Å². The molecule has 0 aromatic carbocycles. The summed E-state index contributed by atoms with van der Waals surface area (Å²) in [5, 5.41) is 3.00. The Labute approximate surface area is 111 Å². The number of nitrogens with zero attached hydrogens (tertiary/aromatic N) is 1. The highest BCUT2D eigenvalue weighted by atomic mass is 16.2. The van der Waals surface area contributed by atoms with Gasteiger partial charge in [0.25, 0.3) is 0 Å². The average molecular weight is 255 g/mol. The van der Waals surface area contributed by atoms with E-state index in [1.54, 1.807) is 0 Å². The van der Waals surface area contributed by atoms with Crippen LogP contribution in [0.3, 0.4) is 0 Å². The number of nitrogens with two attached hydrogens (primary N) is 1. The Bertz CT molecular complexity index is 258. The Balaban J connectivity index is 2.83. The van der Waals surface area contributed by atoms with Gasteiger partial charge < -0.3 is 16.0 Å². The molecule has 0 radical (unpaired) electrons. The van der Waals surface area contributed by atoms with Gasteiger partial charge in [0.15, 0.2) is 0 Å². The van der Waals surface area contributed by atoms with Gasteiger partial charge in [-0.25, -0.2) is 4.79 Å². The van der Waals surface area contributed by atoms with Crippen molar-refractivity contribution in [2.75, 3.05) is 13.1 Å². The van der Waals surface area contributed by atoms with E-state index in [4.69, 9.17) is 5.73 Å². The molecule has 1 rings (SSSR count). The summed E-state index contributed by atoms with van der Waals surface area (Å²) in [4.78, 5) is 14.3. The predicted molar refractivity (Wildman–Crippen MR) is 75.5 cm³/mol. The van der Waals surface area contributed by atoms with Crippen molar-refractivity contribution in [1.29, 1.82) is 0 Å². The van der Waals surface area contributed by atoms with E-state index in [0.29, 0.717) is 6.54 Å². The van der Waals surface area contributed by atoms with E-state index >= 15 is 0 Å². The number of likely N-dealkylation sites (N-methyl/N-ethyl adjacent to an activating group) is 1. The van der Waals surface area contributed by atoms with Crippen molar-refractivity contribution in [3.63, 3.8) is 0 Å². The summed E-state index contributed by atoms with van der Waals surface area (Å²) in [7, 11) is 0. The van der Waals surface area contributed by atoms with Gasteiger partial charge in [-0.15, -0.1) is 0 Å². The molecule has 0 atom stereocenters. The second-order valence-electron chi connectivity index (χ2n) is 5.69.